The van der Waals surface area contributed by atoms with E-state index in [-0.39, 0.29) is 0 Å². The zero-order valence-electron chi connectivity index (χ0n) is 8.63. The van der Waals surface area contributed by atoms with Crippen LogP contribution >= 0.6 is 11.6 Å². The molecule has 0 aromatic heterocycles. The van der Waals surface area contributed by atoms with Crippen LogP contribution in [0.1, 0.15) is 25.0 Å². The van der Waals surface area contributed by atoms with E-state index in [9.17, 15) is 0 Å². The highest BCUT2D eigenvalue weighted by Crippen LogP contribution is 2.09. The lowest BCUT2D eigenvalue weighted by molar-refractivity contribution is 1.42. The second-order valence-corrected chi connectivity index (χ2v) is 3.75. The van der Waals surface area contributed by atoms with Crippen LogP contribution in [-0.2, 0) is 0 Å². The number of rotatable bonds is 3. The molecule has 1 aromatic carbocycles. The molecule has 0 aliphatic rings. The molecule has 0 saturated carbocycles. The summed E-state index contributed by atoms with van der Waals surface area (Å²) >= 11 is 5.56. The van der Waals surface area contributed by atoms with Gasteiger partial charge in [0, 0.05) is 5.88 Å². The van der Waals surface area contributed by atoms with Crippen LogP contribution in [-0.4, -0.2) is 5.88 Å². The molecule has 0 saturated heterocycles. The summed E-state index contributed by atoms with van der Waals surface area (Å²) < 4.78 is 0. The maximum absolute atomic E-state index is 5.56. The summed E-state index contributed by atoms with van der Waals surface area (Å²) in [6, 6.07) is 8.41. The van der Waals surface area contributed by atoms with Gasteiger partial charge in [0.05, 0.1) is 0 Å². The minimum atomic E-state index is 0.565. The standard InChI is InChI=1S/C13H15Cl/c1-11(2)10-13-7-5-12(6-8-13)4-3-9-14/h3-8,10H,9H2,1-2H3. The molecule has 1 rings (SSSR count). The molecule has 0 spiro atoms. The summed E-state index contributed by atoms with van der Waals surface area (Å²) in [6.45, 7) is 4.20. The maximum Gasteiger partial charge on any atom is 0.0407 e. The summed E-state index contributed by atoms with van der Waals surface area (Å²) in [4.78, 5) is 0. The fraction of sp³-hybridized carbons (Fsp3) is 0.231. The Hall–Kier alpha value is -1.01. The lowest BCUT2D eigenvalue weighted by Crippen LogP contribution is -1.75. The van der Waals surface area contributed by atoms with Gasteiger partial charge in [-0.1, -0.05) is 48.1 Å². The SMILES string of the molecule is CC(C)=Cc1ccc(C=CCCl)cc1. The van der Waals surface area contributed by atoms with Crippen molar-refractivity contribution in [1.82, 2.24) is 0 Å². The van der Waals surface area contributed by atoms with E-state index >= 15 is 0 Å². The monoisotopic (exact) mass is 206 g/mol. The quantitative estimate of drug-likeness (QED) is 0.645. The number of hydrogen-bond acceptors (Lipinski definition) is 0. The molecule has 0 radical (unpaired) electrons. The maximum atomic E-state index is 5.56. The Morgan fingerprint density at radius 3 is 2.21 bits per heavy atom. The normalized spacial score (nSPS) is 10.5. The summed E-state index contributed by atoms with van der Waals surface area (Å²) in [5.74, 6) is 0.565. The van der Waals surface area contributed by atoms with Crippen LogP contribution in [0.15, 0.2) is 35.9 Å². The van der Waals surface area contributed by atoms with Crippen molar-refractivity contribution in [2.24, 2.45) is 0 Å². The molecule has 14 heavy (non-hydrogen) atoms. The van der Waals surface area contributed by atoms with Crippen LogP contribution < -0.4 is 0 Å². The third-order valence-corrected chi connectivity index (χ3v) is 1.97. The van der Waals surface area contributed by atoms with Gasteiger partial charge < -0.3 is 0 Å². The molecule has 1 aromatic rings. The molecule has 0 unspecified atom stereocenters. The third-order valence-electron chi connectivity index (χ3n) is 1.79. The van der Waals surface area contributed by atoms with E-state index in [4.69, 9.17) is 11.6 Å². The van der Waals surface area contributed by atoms with Gasteiger partial charge in [-0.15, -0.1) is 11.6 Å². The molecule has 1 heteroatoms. The highest BCUT2D eigenvalue weighted by atomic mass is 35.5. The Kier molecular flexibility index (Phi) is 4.48. The van der Waals surface area contributed by atoms with Gasteiger partial charge in [-0.05, 0) is 25.0 Å². The zero-order valence-corrected chi connectivity index (χ0v) is 9.38. The molecule has 0 bridgehead atoms. The van der Waals surface area contributed by atoms with E-state index in [0.29, 0.717) is 5.88 Å². The average Bonchev–Trinajstić information content (AvgIpc) is 2.16. The van der Waals surface area contributed by atoms with Crippen molar-refractivity contribution in [2.75, 3.05) is 5.88 Å². The molecule has 0 fully saturated rings. The zero-order chi connectivity index (χ0) is 10.4. The smallest absolute Gasteiger partial charge is 0.0407 e. The Morgan fingerprint density at radius 2 is 1.71 bits per heavy atom. The van der Waals surface area contributed by atoms with E-state index in [1.165, 1.54) is 16.7 Å². The average molecular weight is 207 g/mol. The van der Waals surface area contributed by atoms with Crippen LogP contribution in [0.25, 0.3) is 12.2 Å². The molecule has 74 valence electrons. The van der Waals surface area contributed by atoms with Crippen molar-refractivity contribution in [2.45, 2.75) is 13.8 Å². The van der Waals surface area contributed by atoms with E-state index < -0.39 is 0 Å². The van der Waals surface area contributed by atoms with Gasteiger partial charge in [0.15, 0.2) is 0 Å². The molecular formula is C13H15Cl. The Bertz CT molecular complexity index is 327. The van der Waals surface area contributed by atoms with Gasteiger partial charge in [0.25, 0.3) is 0 Å². The summed E-state index contributed by atoms with van der Waals surface area (Å²) in [6.07, 6.45) is 6.13. The van der Waals surface area contributed by atoms with Crippen molar-refractivity contribution in [3.63, 3.8) is 0 Å². The van der Waals surface area contributed by atoms with E-state index in [1.54, 1.807) is 0 Å². The van der Waals surface area contributed by atoms with Crippen molar-refractivity contribution < 1.29 is 0 Å². The first-order valence-corrected chi connectivity index (χ1v) is 5.23. The number of benzene rings is 1. The predicted octanol–water partition coefficient (Wildman–Crippen LogP) is 4.36. The van der Waals surface area contributed by atoms with Gasteiger partial charge in [-0.2, -0.15) is 0 Å². The van der Waals surface area contributed by atoms with Crippen LogP contribution in [0.3, 0.4) is 0 Å². The van der Waals surface area contributed by atoms with Crippen LogP contribution in [0.5, 0.6) is 0 Å². The van der Waals surface area contributed by atoms with Gasteiger partial charge >= 0.3 is 0 Å². The first-order valence-electron chi connectivity index (χ1n) is 4.70. The predicted molar refractivity (Wildman–Crippen MR) is 65.5 cm³/mol. The second kappa shape index (κ2) is 5.66. The Balaban J connectivity index is 2.78. The highest BCUT2D eigenvalue weighted by molar-refractivity contribution is 6.19. The van der Waals surface area contributed by atoms with Crippen LogP contribution in [0, 0.1) is 0 Å². The van der Waals surface area contributed by atoms with Gasteiger partial charge in [0.2, 0.25) is 0 Å². The lowest BCUT2D eigenvalue weighted by Gasteiger charge is -1.96. The molecule has 0 nitrogen and oxygen atoms in total. The highest BCUT2D eigenvalue weighted by Gasteiger charge is 1.88. The first kappa shape index (κ1) is 11.1. The molecule has 0 N–H and O–H groups in total. The number of halogens is 1. The number of allylic oxidation sites excluding steroid dienone is 2. The molecule has 0 amide bonds. The van der Waals surface area contributed by atoms with E-state index in [0.717, 1.165) is 0 Å². The second-order valence-electron chi connectivity index (χ2n) is 3.45. The fourth-order valence-electron chi connectivity index (χ4n) is 1.22. The molecule has 0 aliphatic heterocycles. The fourth-order valence-corrected chi connectivity index (χ4v) is 1.31. The van der Waals surface area contributed by atoms with Gasteiger partial charge in [-0.3, -0.25) is 0 Å². The molecular weight excluding hydrogens is 192 g/mol. The van der Waals surface area contributed by atoms with Crippen molar-refractivity contribution >= 4 is 23.8 Å². The van der Waals surface area contributed by atoms with Crippen molar-refractivity contribution in [3.05, 3.63) is 47.0 Å². The molecule has 0 aliphatic carbocycles. The van der Waals surface area contributed by atoms with E-state index in [1.807, 2.05) is 12.2 Å². The van der Waals surface area contributed by atoms with Gasteiger partial charge in [0.1, 0.15) is 0 Å². The van der Waals surface area contributed by atoms with Crippen LogP contribution in [0.4, 0.5) is 0 Å². The minimum absolute atomic E-state index is 0.565. The first-order chi connectivity index (χ1) is 6.72. The molecule has 0 heterocycles. The van der Waals surface area contributed by atoms with Crippen molar-refractivity contribution in [1.29, 1.82) is 0 Å². The molecule has 0 atom stereocenters. The van der Waals surface area contributed by atoms with Gasteiger partial charge in [-0.25, -0.2) is 0 Å². The summed E-state index contributed by atoms with van der Waals surface area (Å²) in [5, 5.41) is 0. The Labute approximate surface area is 90.9 Å². The third kappa shape index (κ3) is 3.80. The summed E-state index contributed by atoms with van der Waals surface area (Å²) in [7, 11) is 0. The number of alkyl halides is 1. The Morgan fingerprint density at radius 1 is 1.14 bits per heavy atom. The largest absolute Gasteiger partial charge is 0.122 e. The lowest BCUT2D eigenvalue weighted by atomic mass is 10.1. The van der Waals surface area contributed by atoms with Crippen LogP contribution in [0.2, 0.25) is 0 Å². The summed E-state index contributed by atoms with van der Waals surface area (Å²) in [5.41, 5.74) is 3.75. The van der Waals surface area contributed by atoms with Crippen molar-refractivity contribution in [3.8, 4) is 0 Å². The minimum Gasteiger partial charge on any atom is -0.122 e. The topological polar surface area (TPSA) is 0 Å². The van der Waals surface area contributed by atoms with E-state index in [2.05, 4.69) is 44.2 Å². The number of hydrogen-bond donors (Lipinski definition) is 0.